The second-order valence-electron chi connectivity index (χ2n) is 17.9. The Morgan fingerprint density at radius 1 is 0.968 bits per heavy atom. The molecule has 13 nitrogen and oxygen atoms in total. The number of carbonyl (C=O) groups is 2. The van der Waals surface area contributed by atoms with Crippen molar-refractivity contribution in [3.05, 3.63) is 111 Å². The Hall–Kier alpha value is -5.38. The first kappa shape index (κ1) is 45.6. The third-order valence-corrected chi connectivity index (χ3v) is 17.5. The van der Waals surface area contributed by atoms with E-state index in [1.54, 1.807) is 37.4 Å². The Labute approximate surface area is 374 Å². The molecule has 63 heavy (non-hydrogen) atoms. The number of piperidine rings is 1. The second kappa shape index (κ2) is 19.2. The molecule has 7 rings (SSSR count). The van der Waals surface area contributed by atoms with Gasteiger partial charge in [0.25, 0.3) is 0 Å². The molecule has 1 atom stereocenters. The molecule has 4 aromatic carbocycles. The molecule has 0 spiro atoms. The van der Waals surface area contributed by atoms with Gasteiger partial charge in [-0.15, -0.1) is 0 Å². The van der Waals surface area contributed by atoms with Gasteiger partial charge in [-0.05, 0) is 90.5 Å². The first-order valence-electron chi connectivity index (χ1n) is 21.5. The minimum atomic E-state index is -2.26. The maximum atomic E-state index is 13.7. The molecular weight excluding hydrogens is 838 g/mol. The number of aromatic nitrogens is 1. The Kier molecular flexibility index (Phi) is 13.9. The fourth-order valence-corrected chi connectivity index (χ4v) is 9.59. The van der Waals surface area contributed by atoms with Gasteiger partial charge in [0.05, 0.1) is 35.1 Å². The summed E-state index contributed by atoms with van der Waals surface area (Å²) in [6.45, 7) is 14.6. The van der Waals surface area contributed by atoms with Crippen LogP contribution < -0.4 is 25.8 Å². The van der Waals surface area contributed by atoms with E-state index in [0.29, 0.717) is 75.5 Å². The number of aromatic hydroxyl groups is 2. The van der Waals surface area contributed by atoms with Crippen LogP contribution in [-0.4, -0.2) is 86.4 Å². The van der Waals surface area contributed by atoms with Gasteiger partial charge in [-0.25, -0.2) is 4.79 Å². The van der Waals surface area contributed by atoms with Crippen LogP contribution >= 0.6 is 11.6 Å². The van der Waals surface area contributed by atoms with Crippen LogP contribution in [-0.2, 0) is 26.9 Å². The van der Waals surface area contributed by atoms with Gasteiger partial charge in [-0.1, -0.05) is 62.7 Å². The fourth-order valence-electron chi connectivity index (χ4n) is 8.13. The zero-order chi connectivity index (χ0) is 45.1. The highest BCUT2D eigenvalue weighted by Gasteiger charge is 2.40. The zero-order valence-corrected chi connectivity index (χ0v) is 38.6. The van der Waals surface area contributed by atoms with Crippen molar-refractivity contribution in [3.8, 4) is 28.4 Å². The number of hydrogen-bond donors (Lipinski definition) is 5. The highest BCUT2D eigenvalue weighted by Crippen LogP contribution is 2.42. The first-order valence-corrected chi connectivity index (χ1v) is 24.8. The normalized spacial score (nSPS) is 15.3. The number of amides is 2. The van der Waals surface area contributed by atoms with E-state index >= 15 is 0 Å². The average Bonchev–Trinajstić information content (AvgIpc) is 3.66. The van der Waals surface area contributed by atoms with Crippen molar-refractivity contribution in [1.82, 2.24) is 15.2 Å². The minimum Gasteiger partial charge on any atom is -0.506 e. The van der Waals surface area contributed by atoms with E-state index in [-0.39, 0.29) is 45.2 Å². The number of nitrogens with zero attached hydrogens (tertiary/aromatic N) is 2. The second-order valence-corrected chi connectivity index (χ2v) is 23.1. The highest BCUT2D eigenvalue weighted by atomic mass is 35.5. The van der Waals surface area contributed by atoms with Gasteiger partial charge in [0.15, 0.2) is 8.32 Å². The Balaban J connectivity index is 0.927. The number of likely N-dealkylation sites (tertiary alicyclic amines) is 1. The quantitative estimate of drug-likeness (QED) is 0.0679. The first-order chi connectivity index (χ1) is 30.0. The van der Waals surface area contributed by atoms with Crippen molar-refractivity contribution in [2.24, 2.45) is 0 Å². The third-order valence-electron chi connectivity index (χ3n) is 12.7. The van der Waals surface area contributed by atoms with Crippen molar-refractivity contribution >= 4 is 54.2 Å². The smallest absolute Gasteiger partial charge is 0.411 e. The van der Waals surface area contributed by atoms with E-state index in [9.17, 15) is 24.6 Å². The molecule has 334 valence electrons. The Morgan fingerprint density at radius 2 is 1.71 bits per heavy atom. The number of benzene rings is 4. The molecule has 3 heterocycles. The molecule has 15 heteroatoms. The third kappa shape index (κ3) is 10.5. The van der Waals surface area contributed by atoms with Gasteiger partial charge < -0.3 is 44.2 Å². The van der Waals surface area contributed by atoms with Gasteiger partial charge in [-0.2, -0.15) is 0 Å². The van der Waals surface area contributed by atoms with E-state index in [1.807, 2.05) is 35.2 Å². The molecule has 2 amide bonds. The summed E-state index contributed by atoms with van der Waals surface area (Å²) in [6.07, 6.45) is 1.28. The molecule has 1 aromatic heterocycles. The summed E-state index contributed by atoms with van der Waals surface area (Å²) in [6, 6.07) is 23.0. The summed E-state index contributed by atoms with van der Waals surface area (Å²) in [5.74, 6) is 0.742. The number of rotatable bonds is 14. The van der Waals surface area contributed by atoms with Crippen LogP contribution in [0, 0.1) is 0 Å². The standard InChI is InChI=1S/C48H58ClN5O8Si/c1-48(2,3)63(5,6)62-43(35-12-15-41(56)46-36(35)13-16-44(57)52-46)29-50-28-32-25-31-17-24-54(39(31)27-42(32)60-4)45(58)20-23-53-21-18-33(19-22-53)61-47(59)51-38-10-8-7-9-34(38)30-11-14-40(55)37(49)26-30/h7-16,25-27,33,43,50,55-56H,17-24,28-29H2,1-6H3,(H,51,59)(H,52,57). The van der Waals surface area contributed by atoms with Crippen LogP contribution in [0.5, 0.6) is 17.2 Å². The van der Waals surface area contributed by atoms with Gasteiger partial charge in [0.2, 0.25) is 11.5 Å². The van der Waals surface area contributed by atoms with E-state index in [0.717, 1.165) is 45.3 Å². The topological polar surface area (TPSA) is 166 Å². The maximum Gasteiger partial charge on any atom is 0.411 e. The number of anilines is 2. The predicted octanol–water partition coefficient (Wildman–Crippen LogP) is 9.11. The lowest BCUT2D eigenvalue weighted by Gasteiger charge is -2.39. The summed E-state index contributed by atoms with van der Waals surface area (Å²) < 4.78 is 18.7. The number of nitrogens with one attached hydrogen (secondary N) is 3. The number of halogens is 1. The van der Waals surface area contributed by atoms with Crippen LogP contribution in [0.4, 0.5) is 16.2 Å². The molecule has 2 aliphatic rings. The van der Waals surface area contributed by atoms with Gasteiger partial charge in [0.1, 0.15) is 23.4 Å². The van der Waals surface area contributed by atoms with Crippen LogP contribution in [0.1, 0.15) is 62.8 Å². The maximum absolute atomic E-state index is 13.7. The van der Waals surface area contributed by atoms with Gasteiger partial charge >= 0.3 is 6.09 Å². The molecule has 1 fully saturated rings. The van der Waals surface area contributed by atoms with Crippen molar-refractivity contribution in [2.75, 3.05) is 50.1 Å². The van der Waals surface area contributed by atoms with Crippen LogP contribution in [0.15, 0.2) is 83.7 Å². The van der Waals surface area contributed by atoms with Gasteiger partial charge in [-0.3, -0.25) is 14.9 Å². The number of para-hydroxylation sites is 1. The molecule has 0 bridgehead atoms. The molecule has 0 radical (unpaired) electrons. The number of phenols is 2. The number of carbonyl (C=O) groups excluding carboxylic acids is 2. The van der Waals surface area contributed by atoms with Gasteiger partial charge in [0, 0.05) is 74.3 Å². The summed E-state index contributed by atoms with van der Waals surface area (Å²) in [5, 5.41) is 27.8. The van der Waals surface area contributed by atoms with Crippen molar-refractivity contribution in [3.63, 3.8) is 0 Å². The SMILES string of the molecule is COc1cc2c(cc1CNCC(O[Si](C)(C)C(C)(C)C)c1ccc(O)c3[nH]c(=O)ccc13)CCN2C(=O)CCN1CCC(OC(=O)Nc2ccccc2-c2ccc(O)c(Cl)c2)CC1. The lowest BCUT2D eigenvalue weighted by molar-refractivity contribution is -0.118. The fraction of sp³-hybridized carbons (Fsp3) is 0.396. The molecule has 1 saturated heterocycles. The highest BCUT2D eigenvalue weighted by molar-refractivity contribution is 6.74. The van der Waals surface area contributed by atoms with Crippen LogP contribution in [0.2, 0.25) is 23.2 Å². The van der Waals surface area contributed by atoms with Crippen molar-refractivity contribution in [1.29, 1.82) is 0 Å². The van der Waals surface area contributed by atoms with E-state index in [2.05, 4.69) is 60.4 Å². The number of methoxy groups -OCH3 is 1. The van der Waals surface area contributed by atoms with E-state index in [1.165, 1.54) is 12.1 Å². The largest absolute Gasteiger partial charge is 0.506 e. The molecule has 2 aliphatic heterocycles. The number of fused-ring (bicyclic) bond motifs is 2. The molecular formula is C48H58ClN5O8Si. The molecule has 0 saturated carbocycles. The number of H-pyrrole nitrogens is 1. The number of hydrogen-bond acceptors (Lipinski definition) is 10. The number of aromatic amines is 1. The van der Waals surface area contributed by atoms with Crippen molar-refractivity contribution < 1.29 is 33.7 Å². The predicted molar refractivity (Wildman–Crippen MR) is 251 cm³/mol. The number of ether oxygens (including phenoxy) is 2. The number of phenolic OH excluding ortho intramolecular Hbond substituents is 2. The molecule has 5 N–H and O–H groups in total. The summed E-state index contributed by atoms with van der Waals surface area (Å²) in [4.78, 5) is 45.7. The summed E-state index contributed by atoms with van der Waals surface area (Å²) in [7, 11) is -0.621. The molecule has 0 aliphatic carbocycles. The Morgan fingerprint density at radius 3 is 2.44 bits per heavy atom. The van der Waals surface area contributed by atoms with Crippen molar-refractivity contribution in [2.45, 2.75) is 83.3 Å². The zero-order valence-electron chi connectivity index (χ0n) is 36.8. The number of pyridine rings is 1. The lowest BCUT2D eigenvalue weighted by atomic mass is 10.0. The van der Waals surface area contributed by atoms with Crippen LogP contribution in [0.25, 0.3) is 22.0 Å². The Bertz CT molecular complexity index is 2530. The summed E-state index contributed by atoms with van der Waals surface area (Å²) >= 11 is 6.14. The molecule has 5 aromatic rings. The van der Waals surface area contributed by atoms with E-state index < -0.39 is 14.4 Å². The minimum absolute atomic E-state index is 0.00818. The average molecular weight is 897 g/mol. The lowest BCUT2D eigenvalue weighted by Crippen LogP contribution is -2.43. The van der Waals surface area contributed by atoms with E-state index in [4.69, 9.17) is 25.5 Å². The molecule has 1 unspecified atom stereocenters. The monoisotopic (exact) mass is 895 g/mol. The summed E-state index contributed by atoms with van der Waals surface area (Å²) in [5.41, 5.74) is 6.00. The van der Waals surface area contributed by atoms with Crippen LogP contribution in [0.3, 0.4) is 0 Å².